The first kappa shape index (κ1) is 22.9. The number of nitro groups is 1. The number of methoxy groups -OCH3 is 1. The SMILES string of the molecule is COc1ccc(C(=O)OC2(c3ccc([N+](=O)[O-])cc3)C(=O)N(C(C)C)C2=NC(C)C)cc1. The molecule has 9 nitrogen and oxygen atoms in total. The normalized spacial score (nSPS) is 19.3. The second kappa shape index (κ2) is 8.78. The topological polar surface area (TPSA) is 111 Å². The maximum atomic E-state index is 13.4. The number of nitro benzene ring substituents is 1. The molecule has 32 heavy (non-hydrogen) atoms. The van der Waals surface area contributed by atoms with E-state index in [0.717, 1.165) is 0 Å². The Kier molecular flexibility index (Phi) is 6.29. The molecule has 1 aliphatic rings. The van der Waals surface area contributed by atoms with Crippen LogP contribution in [0.2, 0.25) is 0 Å². The van der Waals surface area contributed by atoms with Crippen molar-refractivity contribution in [3.63, 3.8) is 0 Å². The Morgan fingerprint density at radius 2 is 1.66 bits per heavy atom. The van der Waals surface area contributed by atoms with E-state index in [1.54, 1.807) is 12.1 Å². The Labute approximate surface area is 185 Å². The van der Waals surface area contributed by atoms with Crippen LogP contribution >= 0.6 is 0 Å². The number of aliphatic imine (C=N–C) groups is 1. The third-order valence-electron chi connectivity index (χ3n) is 5.02. The van der Waals surface area contributed by atoms with E-state index in [2.05, 4.69) is 4.99 Å². The van der Waals surface area contributed by atoms with Crippen LogP contribution in [0.1, 0.15) is 43.6 Å². The summed E-state index contributed by atoms with van der Waals surface area (Å²) in [4.78, 5) is 43.1. The number of rotatable bonds is 7. The molecule has 3 rings (SSSR count). The quantitative estimate of drug-likeness (QED) is 0.281. The number of ether oxygens (including phenoxy) is 2. The van der Waals surface area contributed by atoms with Gasteiger partial charge in [-0.25, -0.2) is 4.79 Å². The zero-order valence-electron chi connectivity index (χ0n) is 18.6. The monoisotopic (exact) mass is 439 g/mol. The number of amidine groups is 1. The number of carbonyl (C=O) groups is 2. The molecular weight excluding hydrogens is 414 g/mol. The fourth-order valence-corrected chi connectivity index (χ4v) is 3.50. The summed E-state index contributed by atoms with van der Waals surface area (Å²) in [5.41, 5.74) is -1.40. The summed E-state index contributed by atoms with van der Waals surface area (Å²) >= 11 is 0. The van der Waals surface area contributed by atoms with Gasteiger partial charge in [-0.05, 0) is 64.1 Å². The molecule has 1 unspecified atom stereocenters. The van der Waals surface area contributed by atoms with E-state index in [1.165, 1.54) is 48.4 Å². The van der Waals surface area contributed by atoms with Crippen molar-refractivity contribution in [2.24, 2.45) is 4.99 Å². The van der Waals surface area contributed by atoms with Crippen molar-refractivity contribution in [2.75, 3.05) is 7.11 Å². The highest BCUT2D eigenvalue weighted by molar-refractivity contribution is 6.28. The molecule has 168 valence electrons. The second-order valence-corrected chi connectivity index (χ2v) is 7.92. The number of nitrogens with zero attached hydrogens (tertiary/aromatic N) is 3. The molecule has 1 heterocycles. The van der Waals surface area contributed by atoms with Gasteiger partial charge in [0.2, 0.25) is 0 Å². The number of β-lactam (4-membered cyclic amide) rings is 1. The Hall–Kier alpha value is -3.75. The molecule has 0 spiro atoms. The van der Waals surface area contributed by atoms with Gasteiger partial charge < -0.3 is 9.47 Å². The molecule has 0 saturated carbocycles. The van der Waals surface area contributed by atoms with Crippen LogP contribution in [-0.4, -0.2) is 46.7 Å². The molecule has 2 aromatic carbocycles. The van der Waals surface area contributed by atoms with Crippen molar-refractivity contribution < 1.29 is 24.0 Å². The Morgan fingerprint density at radius 3 is 2.12 bits per heavy atom. The van der Waals surface area contributed by atoms with Gasteiger partial charge in [0, 0.05) is 29.8 Å². The largest absolute Gasteiger partial charge is 0.497 e. The number of likely N-dealkylation sites (tertiary alicyclic amines) is 1. The summed E-state index contributed by atoms with van der Waals surface area (Å²) < 4.78 is 11.0. The van der Waals surface area contributed by atoms with Crippen LogP contribution in [0.25, 0.3) is 0 Å². The summed E-state index contributed by atoms with van der Waals surface area (Å²) in [6.07, 6.45) is 0. The molecule has 0 aliphatic carbocycles. The van der Waals surface area contributed by atoms with Crippen molar-refractivity contribution in [1.82, 2.24) is 4.90 Å². The fourth-order valence-electron chi connectivity index (χ4n) is 3.50. The smallest absolute Gasteiger partial charge is 0.340 e. The van der Waals surface area contributed by atoms with Crippen LogP contribution in [0, 0.1) is 10.1 Å². The van der Waals surface area contributed by atoms with Crippen LogP contribution in [0.3, 0.4) is 0 Å². The molecular formula is C23H25N3O6. The van der Waals surface area contributed by atoms with Crippen molar-refractivity contribution in [3.8, 4) is 5.75 Å². The summed E-state index contributed by atoms with van der Waals surface area (Å²) in [5, 5.41) is 11.1. The number of amides is 1. The minimum atomic E-state index is -1.79. The van der Waals surface area contributed by atoms with Gasteiger partial charge in [0.05, 0.1) is 17.6 Å². The third-order valence-corrected chi connectivity index (χ3v) is 5.02. The molecule has 1 aliphatic heterocycles. The van der Waals surface area contributed by atoms with E-state index in [-0.39, 0.29) is 23.3 Å². The second-order valence-electron chi connectivity index (χ2n) is 7.92. The van der Waals surface area contributed by atoms with Crippen LogP contribution in [0.5, 0.6) is 5.75 Å². The molecule has 0 aromatic heterocycles. The maximum Gasteiger partial charge on any atom is 0.340 e. The van der Waals surface area contributed by atoms with E-state index in [9.17, 15) is 19.7 Å². The first-order valence-electron chi connectivity index (χ1n) is 10.2. The number of carbonyl (C=O) groups excluding carboxylic acids is 2. The lowest BCUT2D eigenvalue weighted by Crippen LogP contribution is -2.72. The number of hydrogen-bond acceptors (Lipinski definition) is 7. The first-order valence-corrected chi connectivity index (χ1v) is 10.2. The Bertz CT molecular complexity index is 1060. The van der Waals surface area contributed by atoms with E-state index in [0.29, 0.717) is 17.1 Å². The van der Waals surface area contributed by atoms with Gasteiger partial charge in [0.25, 0.3) is 17.2 Å². The molecule has 0 N–H and O–H groups in total. The Morgan fingerprint density at radius 1 is 1.06 bits per heavy atom. The predicted molar refractivity (Wildman–Crippen MR) is 118 cm³/mol. The molecule has 2 aromatic rings. The van der Waals surface area contributed by atoms with E-state index in [1.807, 2.05) is 27.7 Å². The molecule has 1 atom stereocenters. The molecule has 0 radical (unpaired) electrons. The van der Waals surface area contributed by atoms with Gasteiger partial charge in [-0.1, -0.05) is 0 Å². The predicted octanol–water partition coefficient (Wildman–Crippen LogP) is 3.71. The summed E-state index contributed by atoms with van der Waals surface area (Å²) in [6, 6.07) is 11.3. The van der Waals surface area contributed by atoms with Gasteiger partial charge >= 0.3 is 5.97 Å². The number of esters is 1. The van der Waals surface area contributed by atoms with Crippen molar-refractivity contribution in [2.45, 2.75) is 45.4 Å². The highest BCUT2D eigenvalue weighted by Crippen LogP contribution is 2.42. The van der Waals surface area contributed by atoms with Crippen LogP contribution in [0.4, 0.5) is 5.69 Å². The minimum Gasteiger partial charge on any atom is -0.497 e. The van der Waals surface area contributed by atoms with E-state index >= 15 is 0 Å². The standard InChI is InChI=1S/C23H25N3O6/c1-14(2)24-21-23(22(28)25(21)15(3)4,17-8-10-18(11-9-17)26(29)30)32-20(27)16-6-12-19(31-5)13-7-16/h6-15H,1-5H3. The van der Waals surface area contributed by atoms with Crippen molar-refractivity contribution >= 4 is 23.4 Å². The lowest BCUT2D eigenvalue weighted by Gasteiger charge is -2.50. The van der Waals surface area contributed by atoms with Crippen molar-refractivity contribution in [3.05, 3.63) is 69.8 Å². The minimum absolute atomic E-state index is 0.139. The van der Waals surface area contributed by atoms with Gasteiger partial charge in [0.15, 0.2) is 5.84 Å². The first-order chi connectivity index (χ1) is 15.1. The van der Waals surface area contributed by atoms with Gasteiger partial charge in [-0.3, -0.25) is 24.8 Å². The van der Waals surface area contributed by atoms with Gasteiger partial charge in [-0.15, -0.1) is 0 Å². The third kappa shape index (κ3) is 3.93. The highest BCUT2D eigenvalue weighted by Gasteiger charge is 2.64. The number of non-ortho nitro benzene ring substituents is 1. The van der Waals surface area contributed by atoms with Crippen molar-refractivity contribution in [1.29, 1.82) is 0 Å². The lowest BCUT2D eigenvalue weighted by atomic mass is 9.81. The van der Waals surface area contributed by atoms with Crippen LogP contribution in [0.15, 0.2) is 53.5 Å². The summed E-state index contributed by atoms with van der Waals surface area (Å²) in [6.45, 7) is 7.36. The summed E-state index contributed by atoms with van der Waals surface area (Å²) in [7, 11) is 1.51. The molecule has 1 saturated heterocycles. The average molecular weight is 439 g/mol. The van der Waals surface area contributed by atoms with Crippen LogP contribution in [-0.2, 0) is 15.1 Å². The average Bonchev–Trinajstić information content (AvgIpc) is 2.76. The zero-order valence-corrected chi connectivity index (χ0v) is 18.6. The highest BCUT2D eigenvalue weighted by atomic mass is 16.6. The summed E-state index contributed by atoms with van der Waals surface area (Å²) in [5.74, 6) is -0.315. The van der Waals surface area contributed by atoms with E-state index < -0.39 is 22.4 Å². The number of benzene rings is 2. The molecule has 9 heteroatoms. The lowest BCUT2D eigenvalue weighted by molar-refractivity contribution is -0.384. The zero-order chi connectivity index (χ0) is 23.6. The maximum absolute atomic E-state index is 13.4. The fraction of sp³-hybridized carbons (Fsp3) is 0.348. The van der Waals surface area contributed by atoms with Gasteiger partial charge in [0.1, 0.15) is 5.75 Å². The molecule has 0 bridgehead atoms. The van der Waals surface area contributed by atoms with E-state index in [4.69, 9.17) is 9.47 Å². The molecule has 1 amide bonds. The molecule has 1 fully saturated rings. The number of hydrogen-bond donors (Lipinski definition) is 0. The van der Waals surface area contributed by atoms with Crippen LogP contribution < -0.4 is 4.74 Å². The Balaban J connectivity index is 2.11. The van der Waals surface area contributed by atoms with Gasteiger partial charge in [-0.2, -0.15) is 0 Å².